The molecule has 1 N–H and O–H groups in total. The summed E-state index contributed by atoms with van der Waals surface area (Å²) in [5, 5.41) is 9.01. The largest absolute Gasteiger partial charge is 0.380 e. The molecular formula is C8H14O2. The van der Waals surface area contributed by atoms with Gasteiger partial charge in [0.2, 0.25) is 0 Å². The van der Waals surface area contributed by atoms with Gasteiger partial charge in [-0.2, -0.15) is 0 Å². The molecule has 0 amide bonds. The number of ether oxygens (including phenoxy) is 1. The van der Waals surface area contributed by atoms with Crippen molar-refractivity contribution in [2.24, 2.45) is 0 Å². The molecule has 0 spiro atoms. The maximum atomic E-state index is 9.01. The van der Waals surface area contributed by atoms with Crippen molar-refractivity contribution >= 4 is 0 Å². The average molecular weight is 142 g/mol. The minimum absolute atomic E-state index is 0.328. The number of terminal acetylenes is 1. The molecule has 0 aromatic carbocycles. The van der Waals surface area contributed by atoms with E-state index in [1.165, 1.54) is 0 Å². The van der Waals surface area contributed by atoms with Crippen LogP contribution in [0.5, 0.6) is 0 Å². The summed E-state index contributed by atoms with van der Waals surface area (Å²) in [6.07, 6.45) is 4.75. The fourth-order valence-electron chi connectivity index (χ4n) is 0.608. The molecule has 0 fully saturated rings. The lowest BCUT2D eigenvalue weighted by Crippen LogP contribution is -2.27. The van der Waals surface area contributed by atoms with Gasteiger partial charge in [0.25, 0.3) is 0 Å². The van der Waals surface area contributed by atoms with E-state index in [0.717, 1.165) is 0 Å². The van der Waals surface area contributed by atoms with Gasteiger partial charge < -0.3 is 9.84 Å². The van der Waals surface area contributed by atoms with E-state index < -0.39 is 6.10 Å². The Morgan fingerprint density at radius 2 is 2.20 bits per heavy atom. The number of rotatable bonds is 3. The highest BCUT2D eigenvalue weighted by molar-refractivity contribution is 4.96. The zero-order valence-corrected chi connectivity index (χ0v) is 6.72. The van der Waals surface area contributed by atoms with Crippen LogP contribution in [0.4, 0.5) is 0 Å². The molecule has 0 aliphatic heterocycles. The summed E-state index contributed by atoms with van der Waals surface area (Å²) >= 11 is 0. The predicted octanol–water partition coefficient (Wildman–Crippen LogP) is 0.796. The molecule has 0 aromatic rings. The first-order valence-corrected chi connectivity index (χ1v) is 3.21. The topological polar surface area (TPSA) is 29.5 Å². The number of hydrogen-bond acceptors (Lipinski definition) is 2. The first kappa shape index (κ1) is 9.48. The quantitative estimate of drug-likeness (QED) is 0.590. The Bertz CT molecular complexity index is 133. The van der Waals surface area contributed by atoms with Crippen molar-refractivity contribution in [1.82, 2.24) is 0 Å². The SMILES string of the molecule is C#CC(O)CC(C)(C)OC. The van der Waals surface area contributed by atoms with Gasteiger partial charge in [-0.1, -0.05) is 5.92 Å². The lowest BCUT2D eigenvalue weighted by Gasteiger charge is -2.23. The Morgan fingerprint density at radius 1 is 1.70 bits per heavy atom. The van der Waals surface area contributed by atoms with Crippen LogP contribution in [-0.4, -0.2) is 23.9 Å². The molecule has 10 heavy (non-hydrogen) atoms. The molecule has 1 atom stereocenters. The van der Waals surface area contributed by atoms with Gasteiger partial charge in [-0.25, -0.2) is 0 Å². The van der Waals surface area contributed by atoms with Gasteiger partial charge in [0.15, 0.2) is 0 Å². The van der Waals surface area contributed by atoms with Crippen LogP contribution in [0.3, 0.4) is 0 Å². The predicted molar refractivity (Wildman–Crippen MR) is 40.5 cm³/mol. The number of aliphatic hydroxyl groups excluding tert-OH is 1. The molecule has 0 saturated carbocycles. The Balaban J connectivity index is 3.79. The Kier molecular flexibility index (Phi) is 3.41. The third-order valence-electron chi connectivity index (χ3n) is 1.43. The van der Waals surface area contributed by atoms with Gasteiger partial charge in [-0.15, -0.1) is 6.42 Å². The van der Waals surface area contributed by atoms with Crippen molar-refractivity contribution in [3.8, 4) is 12.3 Å². The van der Waals surface area contributed by atoms with Crippen LogP contribution < -0.4 is 0 Å². The van der Waals surface area contributed by atoms with Gasteiger partial charge in [0, 0.05) is 13.5 Å². The monoisotopic (exact) mass is 142 g/mol. The van der Waals surface area contributed by atoms with Crippen LogP contribution in [0.1, 0.15) is 20.3 Å². The van der Waals surface area contributed by atoms with E-state index >= 15 is 0 Å². The highest BCUT2D eigenvalue weighted by atomic mass is 16.5. The molecule has 0 bridgehead atoms. The van der Waals surface area contributed by atoms with E-state index in [1.807, 2.05) is 13.8 Å². The molecule has 0 aromatic heterocycles. The standard InChI is InChI=1S/C8H14O2/c1-5-7(9)6-8(2,3)10-4/h1,7,9H,6H2,2-4H3. The lowest BCUT2D eigenvalue weighted by molar-refractivity contribution is -0.00785. The molecular weight excluding hydrogens is 128 g/mol. The zero-order valence-electron chi connectivity index (χ0n) is 6.72. The Morgan fingerprint density at radius 3 is 2.50 bits per heavy atom. The second-order valence-corrected chi connectivity index (χ2v) is 2.85. The summed E-state index contributed by atoms with van der Waals surface area (Å²) in [6, 6.07) is 0. The summed E-state index contributed by atoms with van der Waals surface area (Å²) in [7, 11) is 1.60. The summed E-state index contributed by atoms with van der Waals surface area (Å²) in [5.74, 6) is 2.23. The maximum Gasteiger partial charge on any atom is 0.117 e. The molecule has 0 aliphatic carbocycles. The highest BCUT2D eigenvalue weighted by Crippen LogP contribution is 2.14. The van der Waals surface area contributed by atoms with Crippen molar-refractivity contribution in [3.05, 3.63) is 0 Å². The summed E-state index contributed by atoms with van der Waals surface area (Å²) in [6.45, 7) is 3.76. The van der Waals surface area contributed by atoms with Crippen LogP contribution in [0.15, 0.2) is 0 Å². The Labute approximate surface area is 62.2 Å². The van der Waals surface area contributed by atoms with E-state index in [9.17, 15) is 0 Å². The average Bonchev–Trinajstić information content (AvgIpc) is 1.87. The second kappa shape index (κ2) is 3.60. The molecule has 2 nitrogen and oxygen atoms in total. The van der Waals surface area contributed by atoms with Gasteiger partial charge in [-0.05, 0) is 13.8 Å². The molecule has 0 radical (unpaired) electrons. The minimum Gasteiger partial charge on any atom is -0.380 e. The number of aliphatic hydroxyl groups is 1. The van der Waals surface area contributed by atoms with Crippen molar-refractivity contribution in [1.29, 1.82) is 0 Å². The smallest absolute Gasteiger partial charge is 0.117 e. The third-order valence-corrected chi connectivity index (χ3v) is 1.43. The normalized spacial score (nSPS) is 14.3. The molecule has 58 valence electrons. The molecule has 0 heterocycles. The van der Waals surface area contributed by atoms with Crippen molar-refractivity contribution < 1.29 is 9.84 Å². The van der Waals surface area contributed by atoms with Crippen LogP contribution >= 0.6 is 0 Å². The van der Waals surface area contributed by atoms with E-state index in [-0.39, 0.29) is 5.60 Å². The summed E-state index contributed by atoms with van der Waals surface area (Å²) in [4.78, 5) is 0. The Hall–Kier alpha value is -0.520. The van der Waals surface area contributed by atoms with Crippen LogP contribution in [0.25, 0.3) is 0 Å². The zero-order chi connectivity index (χ0) is 8.20. The highest BCUT2D eigenvalue weighted by Gasteiger charge is 2.19. The van der Waals surface area contributed by atoms with Gasteiger partial charge in [-0.3, -0.25) is 0 Å². The summed E-state index contributed by atoms with van der Waals surface area (Å²) < 4.78 is 5.05. The van der Waals surface area contributed by atoms with Crippen LogP contribution in [0.2, 0.25) is 0 Å². The first-order chi connectivity index (χ1) is 4.52. The second-order valence-electron chi connectivity index (χ2n) is 2.85. The van der Waals surface area contributed by atoms with E-state index in [2.05, 4.69) is 5.92 Å². The molecule has 0 saturated heterocycles. The number of methoxy groups -OCH3 is 1. The van der Waals surface area contributed by atoms with Gasteiger partial charge >= 0.3 is 0 Å². The van der Waals surface area contributed by atoms with E-state index in [1.54, 1.807) is 7.11 Å². The first-order valence-electron chi connectivity index (χ1n) is 3.21. The van der Waals surface area contributed by atoms with E-state index in [0.29, 0.717) is 6.42 Å². The van der Waals surface area contributed by atoms with E-state index in [4.69, 9.17) is 16.3 Å². The fraction of sp³-hybridized carbons (Fsp3) is 0.750. The van der Waals surface area contributed by atoms with Crippen LogP contribution in [0, 0.1) is 12.3 Å². The minimum atomic E-state index is -0.699. The third kappa shape index (κ3) is 3.49. The lowest BCUT2D eigenvalue weighted by atomic mass is 10.0. The van der Waals surface area contributed by atoms with Crippen LogP contribution in [-0.2, 0) is 4.74 Å². The fourth-order valence-corrected chi connectivity index (χ4v) is 0.608. The molecule has 0 aliphatic rings. The molecule has 1 unspecified atom stereocenters. The van der Waals surface area contributed by atoms with Gasteiger partial charge in [0.05, 0.1) is 5.60 Å². The van der Waals surface area contributed by atoms with Gasteiger partial charge in [0.1, 0.15) is 6.10 Å². The summed E-state index contributed by atoms with van der Waals surface area (Å²) in [5.41, 5.74) is -0.328. The van der Waals surface area contributed by atoms with Crippen molar-refractivity contribution in [3.63, 3.8) is 0 Å². The van der Waals surface area contributed by atoms with Crippen molar-refractivity contribution in [2.75, 3.05) is 7.11 Å². The van der Waals surface area contributed by atoms with Crippen molar-refractivity contribution in [2.45, 2.75) is 32.0 Å². The molecule has 0 rings (SSSR count). The maximum absolute atomic E-state index is 9.01. The molecule has 2 heteroatoms. The number of hydrogen-bond donors (Lipinski definition) is 1.